The summed E-state index contributed by atoms with van der Waals surface area (Å²) in [7, 11) is 0. The normalized spacial score (nSPS) is 14.0. The van der Waals surface area contributed by atoms with E-state index in [-0.39, 0.29) is 17.8 Å². The van der Waals surface area contributed by atoms with Crippen LogP contribution in [0.25, 0.3) is 11.4 Å². The van der Waals surface area contributed by atoms with E-state index < -0.39 is 0 Å². The molecule has 2 aromatic heterocycles. The van der Waals surface area contributed by atoms with Gasteiger partial charge in [0.2, 0.25) is 0 Å². The SMILES string of the molecule is CCOC(=O)CSc1nnc(-c2csc3c2CCCC3)n1C(C)C. The highest BCUT2D eigenvalue weighted by atomic mass is 32.2. The van der Waals surface area contributed by atoms with Crippen LogP contribution in [0.2, 0.25) is 0 Å². The second kappa shape index (κ2) is 7.70. The van der Waals surface area contributed by atoms with Crippen LogP contribution in [0.4, 0.5) is 0 Å². The summed E-state index contributed by atoms with van der Waals surface area (Å²) in [5, 5.41) is 11.8. The number of aromatic nitrogens is 3. The third-order valence-electron chi connectivity index (χ3n) is 4.11. The van der Waals surface area contributed by atoms with Crippen molar-refractivity contribution in [3.05, 3.63) is 15.8 Å². The third-order valence-corrected chi connectivity index (χ3v) is 6.11. The summed E-state index contributed by atoms with van der Waals surface area (Å²) in [5.74, 6) is 0.978. The molecule has 3 rings (SSSR count). The minimum absolute atomic E-state index is 0.213. The Labute approximate surface area is 150 Å². The van der Waals surface area contributed by atoms with Gasteiger partial charge in [0.15, 0.2) is 11.0 Å². The van der Waals surface area contributed by atoms with Gasteiger partial charge in [-0.15, -0.1) is 21.5 Å². The molecule has 2 heterocycles. The standard InChI is InChI=1S/C17H23N3O2S2/c1-4-22-15(21)10-24-17-19-18-16(20(17)11(2)3)13-9-23-14-8-6-5-7-12(13)14/h9,11H,4-8,10H2,1-3H3. The third kappa shape index (κ3) is 3.52. The fourth-order valence-electron chi connectivity index (χ4n) is 3.03. The molecule has 7 heteroatoms. The molecule has 0 radical (unpaired) electrons. The number of carbonyl (C=O) groups is 1. The van der Waals surface area contributed by atoms with Crippen molar-refractivity contribution in [1.29, 1.82) is 0 Å². The number of aryl methyl sites for hydroxylation is 1. The lowest BCUT2D eigenvalue weighted by Crippen LogP contribution is -2.10. The van der Waals surface area contributed by atoms with Gasteiger partial charge in [-0.25, -0.2) is 0 Å². The number of rotatable bonds is 6. The van der Waals surface area contributed by atoms with E-state index in [4.69, 9.17) is 4.74 Å². The minimum atomic E-state index is -0.213. The van der Waals surface area contributed by atoms with Crippen molar-refractivity contribution in [3.8, 4) is 11.4 Å². The number of hydrogen-bond acceptors (Lipinski definition) is 6. The molecular formula is C17H23N3O2S2. The Morgan fingerprint density at radius 1 is 1.38 bits per heavy atom. The summed E-state index contributed by atoms with van der Waals surface area (Å²) in [4.78, 5) is 13.1. The fourth-order valence-corrected chi connectivity index (χ4v) is 5.02. The summed E-state index contributed by atoms with van der Waals surface area (Å²) in [6.45, 7) is 6.47. The van der Waals surface area contributed by atoms with E-state index in [1.807, 2.05) is 18.3 Å². The molecule has 0 saturated carbocycles. The van der Waals surface area contributed by atoms with Gasteiger partial charge in [-0.2, -0.15) is 0 Å². The van der Waals surface area contributed by atoms with Crippen molar-refractivity contribution >= 4 is 29.1 Å². The zero-order valence-corrected chi connectivity index (χ0v) is 16.0. The first kappa shape index (κ1) is 17.5. The summed E-state index contributed by atoms with van der Waals surface area (Å²) in [6, 6.07) is 0.235. The molecule has 1 aliphatic carbocycles. The molecule has 0 amide bonds. The van der Waals surface area contributed by atoms with Crippen molar-refractivity contribution in [2.45, 2.75) is 57.7 Å². The lowest BCUT2D eigenvalue weighted by molar-refractivity contribution is -0.139. The van der Waals surface area contributed by atoms with Crippen LogP contribution < -0.4 is 0 Å². The van der Waals surface area contributed by atoms with Crippen molar-refractivity contribution in [2.24, 2.45) is 0 Å². The highest BCUT2D eigenvalue weighted by Gasteiger charge is 2.23. The van der Waals surface area contributed by atoms with Crippen LogP contribution in [0.5, 0.6) is 0 Å². The number of fused-ring (bicyclic) bond motifs is 1. The molecule has 130 valence electrons. The van der Waals surface area contributed by atoms with E-state index >= 15 is 0 Å². The van der Waals surface area contributed by atoms with Crippen LogP contribution in [0.1, 0.15) is 50.1 Å². The Kier molecular flexibility index (Phi) is 5.61. The molecule has 0 N–H and O–H groups in total. The van der Waals surface area contributed by atoms with Crippen molar-refractivity contribution < 1.29 is 9.53 Å². The molecule has 0 aromatic carbocycles. The fraction of sp³-hybridized carbons (Fsp3) is 0.588. The van der Waals surface area contributed by atoms with Crippen molar-refractivity contribution in [1.82, 2.24) is 14.8 Å². The second-order valence-corrected chi connectivity index (χ2v) is 8.03. The van der Waals surface area contributed by atoms with Crippen LogP contribution in [0.3, 0.4) is 0 Å². The first-order valence-corrected chi connectivity index (χ1v) is 10.3. The van der Waals surface area contributed by atoms with E-state index in [2.05, 4.69) is 34.0 Å². The molecule has 24 heavy (non-hydrogen) atoms. The molecule has 0 unspecified atom stereocenters. The van der Waals surface area contributed by atoms with Gasteiger partial charge in [0, 0.05) is 21.9 Å². The molecule has 2 aromatic rings. The molecule has 1 aliphatic rings. The highest BCUT2D eigenvalue weighted by molar-refractivity contribution is 7.99. The van der Waals surface area contributed by atoms with Gasteiger partial charge in [-0.1, -0.05) is 11.8 Å². The van der Waals surface area contributed by atoms with Crippen LogP contribution in [-0.4, -0.2) is 33.1 Å². The van der Waals surface area contributed by atoms with Crippen LogP contribution >= 0.6 is 23.1 Å². The van der Waals surface area contributed by atoms with Crippen molar-refractivity contribution in [3.63, 3.8) is 0 Å². The quantitative estimate of drug-likeness (QED) is 0.569. The predicted molar refractivity (Wildman–Crippen MR) is 97.7 cm³/mol. The monoisotopic (exact) mass is 365 g/mol. The van der Waals surface area contributed by atoms with Gasteiger partial charge in [0.1, 0.15) is 0 Å². The van der Waals surface area contributed by atoms with Gasteiger partial charge in [-0.3, -0.25) is 9.36 Å². The first-order valence-electron chi connectivity index (χ1n) is 8.44. The average Bonchev–Trinajstić information content (AvgIpc) is 3.16. The Balaban J connectivity index is 1.89. The van der Waals surface area contributed by atoms with Gasteiger partial charge in [0.25, 0.3) is 0 Å². The Bertz CT molecular complexity index is 721. The zero-order chi connectivity index (χ0) is 17.1. The Morgan fingerprint density at radius 3 is 2.92 bits per heavy atom. The van der Waals surface area contributed by atoms with Gasteiger partial charge < -0.3 is 4.74 Å². The molecular weight excluding hydrogens is 342 g/mol. The molecule has 0 spiro atoms. The maximum atomic E-state index is 11.6. The maximum Gasteiger partial charge on any atom is 0.316 e. The number of hydrogen-bond donors (Lipinski definition) is 0. The van der Waals surface area contributed by atoms with E-state index in [9.17, 15) is 4.79 Å². The number of ether oxygens (including phenoxy) is 1. The van der Waals surface area contributed by atoms with Crippen LogP contribution in [0, 0.1) is 0 Å². The number of thiophene rings is 1. The molecule has 0 aliphatic heterocycles. The summed E-state index contributed by atoms with van der Waals surface area (Å²) in [5.41, 5.74) is 2.67. The summed E-state index contributed by atoms with van der Waals surface area (Å²) < 4.78 is 7.14. The molecule has 0 fully saturated rings. The summed E-state index contributed by atoms with van der Waals surface area (Å²) >= 11 is 3.24. The topological polar surface area (TPSA) is 57.0 Å². The smallest absolute Gasteiger partial charge is 0.316 e. The van der Waals surface area contributed by atoms with E-state index in [0.717, 1.165) is 17.4 Å². The van der Waals surface area contributed by atoms with Gasteiger partial charge in [-0.05, 0) is 52.0 Å². The zero-order valence-electron chi connectivity index (χ0n) is 14.4. The lowest BCUT2D eigenvalue weighted by atomic mass is 9.95. The molecule has 0 saturated heterocycles. The average molecular weight is 366 g/mol. The maximum absolute atomic E-state index is 11.6. The predicted octanol–water partition coefficient (Wildman–Crippen LogP) is 4.12. The molecule has 5 nitrogen and oxygen atoms in total. The number of nitrogens with zero attached hydrogens (tertiary/aromatic N) is 3. The lowest BCUT2D eigenvalue weighted by Gasteiger charge is -2.16. The number of thioether (sulfide) groups is 1. The second-order valence-electron chi connectivity index (χ2n) is 6.12. The minimum Gasteiger partial charge on any atom is -0.465 e. The first-order chi connectivity index (χ1) is 11.6. The van der Waals surface area contributed by atoms with E-state index in [1.54, 1.807) is 0 Å². The van der Waals surface area contributed by atoms with E-state index in [1.165, 1.54) is 47.0 Å². The van der Waals surface area contributed by atoms with Crippen molar-refractivity contribution in [2.75, 3.05) is 12.4 Å². The van der Waals surface area contributed by atoms with Crippen LogP contribution in [0.15, 0.2) is 10.5 Å². The van der Waals surface area contributed by atoms with Gasteiger partial charge in [0.05, 0.1) is 12.4 Å². The number of carbonyl (C=O) groups excluding carboxylic acids is 1. The Hall–Kier alpha value is -1.34. The highest BCUT2D eigenvalue weighted by Crippen LogP contribution is 2.37. The Morgan fingerprint density at radius 2 is 2.17 bits per heavy atom. The number of esters is 1. The van der Waals surface area contributed by atoms with E-state index in [0.29, 0.717) is 6.61 Å². The summed E-state index contributed by atoms with van der Waals surface area (Å²) in [6.07, 6.45) is 4.84. The molecule has 0 bridgehead atoms. The van der Waals surface area contributed by atoms with Crippen LogP contribution in [-0.2, 0) is 22.4 Å². The van der Waals surface area contributed by atoms with Gasteiger partial charge >= 0.3 is 5.97 Å². The molecule has 0 atom stereocenters. The largest absolute Gasteiger partial charge is 0.465 e.